The Kier molecular flexibility index (Phi) is 20.7. The Hall–Kier alpha value is -10.7. The lowest BCUT2D eigenvalue weighted by atomic mass is 10.0. The highest BCUT2D eigenvalue weighted by atomic mass is 79.9. The Morgan fingerprint density at radius 3 is 1.10 bits per heavy atom. The molecule has 0 bridgehead atoms. The smallest absolute Gasteiger partial charge is 0.258 e. The minimum Gasteiger partial charge on any atom is -0.363 e. The van der Waals surface area contributed by atoms with Gasteiger partial charge >= 0.3 is 0 Å². The summed E-state index contributed by atoms with van der Waals surface area (Å²) in [4.78, 5) is 99.7. The van der Waals surface area contributed by atoms with Crippen molar-refractivity contribution in [3.63, 3.8) is 0 Å². The minimum atomic E-state index is -0.585. The zero-order valence-corrected chi connectivity index (χ0v) is 52.7. The molecule has 6 amide bonds. The summed E-state index contributed by atoms with van der Waals surface area (Å²) in [6.07, 6.45) is 4.30. The van der Waals surface area contributed by atoms with Crippen molar-refractivity contribution in [1.82, 2.24) is 29.7 Å². The number of halogens is 4. The van der Waals surface area contributed by atoms with Crippen LogP contribution in [0.1, 0.15) is 90.0 Å². The summed E-state index contributed by atoms with van der Waals surface area (Å²) in [5.41, 5.74) is 4.42. The summed E-state index contributed by atoms with van der Waals surface area (Å²) in [6.45, 7) is 0.303. The van der Waals surface area contributed by atoms with Crippen molar-refractivity contribution in [2.24, 2.45) is 0 Å². The van der Waals surface area contributed by atoms with Crippen LogP contribution in [0.3, 0.4) is 0 Å². The molecule has 0 atom stereocenters. The number of amidine groups is 3. The highest BCUT2D eigenvalue weighted by Gasteiger charge is 2.22. The maximum absolute atomic E-state index is 14.1. The molecule has 458 valence electrons. The van der Waals surface area contributed by atoms with Crippen LogP contribution < -0.4 is 31.9 Å². The third-order valence-corrected chi connectivity index (χ3v) is 15.0. The van der Waals surface area contributed by atoms with Gasteiger partial charge in [0.15, 0.2) is 0 Å². The predicted octanol–water partition coefficient (Wildman–Crippen LogP) is 12.9. The van der Waals surface area contributed by atoms with E-state index in [1.807, 2.05) is 0 Å². The first-order valence-corrected chi connectivity index (χ1v) is 29.4. The molecule has 0 aliphatic heterocycles. The zero-order chi connectivity index (χ0) is 65.0. The molecule has 21 nitrogen and oxygen atoms in total. The molecule has 0 unspecified atom stereocenters. The molecule has 0 radical (unpaired) electrons. The van der Waals surface area contributed by atoms with E-state index in [0.717, 1.165) is 4.47 Å². The molecule has 0 spiro atoms. The van der Waals surface area contributed by atoms with Gasteiger partial charge in [0.2, 0.25) is 0 Å². The van der Waals surface area contributed by atoms with Crippen molar-refractivity contribution in [2.75, 3.05) is 60.1 Å². The number of nitrogens with zero attached hydrogens (tertiary/aromatic N) is 6. The summed E-state index contributed by atoms with van der Waals surface area (Å²) >= 11 is 21.6. The van der Waals surface area contributed by atoms with Crippen molar-refractivity contribution >= 4 is 138 Å². The molecule has 9 rings (SSSR count). The van der Waals surface area contributed by atoms with Crippen LogP contribution in [-0.2, 0) is 13.1 Å². The molecule has 91 heavy (non-hydrogen) atoms. The van der Waals surface area contributed by atoms with Crippen LogP contribution in [0.25, 0.3) is 0 Å². The molecular weight excluding hydrogens is 1290 g/mol. The fourth-order valence-corrected chi connectivity index (χ4v) is 9.65. The Morgan fingerprint density at radius 2 is 0.725 bits per heavy atom. The van der Waals surface area contributed by atoms with Gasteiger partial charge in [0.05, 0.1) is 43.8 Å². The highest BCUT2D eigenvalue weighted by Crippen LogP contribution is 2.27. The van der Waals surface area contributed by atoms with Crippen LogP contribution in [-0.4, -0.2) is 111 Å². The average Bonchev–Trinajstić information content (AvgIpc) is 1.72. The first-order chi connectivity index (χ1) is 43.5. The molecule has 9 aromatic rings. The highest BCUT2D eigenvalue weighted by molar-refractivity contribution is 9.10. The maximum atomic E-state index is 14.1. The number of carbonyl (C=O) groups excluding carboxylic acids is 6. The number of nitrogens with one attached hydrogen (secondary N) is 9. The van der Waals surface area contributed by atoms with Crippen LogP contribution >= 0.6 is 50.7 Å². The van der Waals surface area contributed by atoms with Gasteiger partial charge in [-0.2, -0.15) is 0 Å². The van der Waals surface area contributed by atoms with E-state index >= 15 is 0 Å². The fourth-order valence-electron chi connectivity index (χ4n) is 9.02. The van der Waals surface area contributed by atoms with Crippen molar-refractivity contribution in [3.05, 3.63) is 263 Å². The second-order valence-electron chi connectivity index (χ2n) is 20.6. The van der Waals surface area contributed by atoms with Gasteiger partial charge in [0, 0.05) is 103 Å². The van der Waals surface area contributed by atoms with Crippen LogP contribution in [0, 0.1) is 16.2 Å². The van der Waals surface area contributed by atoms with Gasteiger partial charge < -0.3 is 46.6 Å². The molecule has 0 aliphatic carbocycles. The van der Waals surface area contributed by atoms with E-state index in [2.05, 4.69) is 62.8 Å². The lowest BCUT2D eigenvalue weighted by molar-refractivity contribution is 0.101. The third-order valence-electron chi connectivity index (χ3n) is 13.8. The van der Waals surface area contributed by atoms with Gasteiger partial charge in [0.25, 0.3) is 35.4 Å². The summed E-state index contributed by atoms with van der Waals surface area (Å²) in [7, 11) is 6.90. The second kappa shape index (κ2) is 29.1. The van der Waals surface area contributed by atoms with Gasteiger partial charge in [0.1, 0.15) is 35.0 Å². The third kappa shape index (κ3) is 16.8. The van der Waals surface area contributed by atoms with E-state index in [9.17, 15) is 28.8 Å². The monoisotopic (exact) mass is 1340 g/mol. The van der Waals surface area contributed by atoms with Crippen molar-refractivity contribution in [3.8, 4) is 0 Å². The first kappa shape index (κ1) is 64.8. The quantitative estimate of drug-likeness (QED) is 0.0270. The molecule has 25 heteroatoms. The van der Waals surface area contributed by atoms with E-state index in [4.69, 9.17) is 51.0 Å². The molecule has 0 aliphatic rings. The fraction of sp³-hybridized carbons (Fsp3) is 0.0909. The topological polar surface area (TPSA) is 295 Å². The second-order valence-corrected chi connectivity index (χ2v) is 22.9. The molecule has 0 saturated carbocycles. The zero-order valence-electron chi connectivity index (χ0n) is 48.9. The van der Waals surface area contributed by atoms with E-state index in [-0.39, 0.29) is 92.1 Å². The number of anilines is 6. The van der Waals surface area contributed by atoms with E-state index in [1.54, 1.807) is 183 Å². The van der Waals surface area contributed by atoms with E-state index < -0.39 is 35.4 Å². The first-order valence-electron chi connectivity index (χ1n) is 27.5. The van der Waals surface area contributed by atoms with Crippen molar-refractivity contribution in [1.29, 1.82) is 16.2 Å². The van der Waals surface area contributed by atoms with Crippen LogP contribution in [0.5, 0.6) is 0 Å². The summed E-state index contributed by atoms with van der Waals surface area (Å²) in [6, 6.07) is 43.0. The maximum Gasteiger partial charge on any atom is 0.258 e. The van der Waals surface area contributed by atoms with Crippen molar-refractivity contribution in [2.45, 2.75) is 13.1 Å². The molecule has 0 saturated heterocycles. The minimum absolute atomic E-state index is 0.0843. The molecule has 3 heterocycles. The van der Waals surface area contributed by atoms with Gasteiger partial charge in [-0.05, 0) is 142 Å². The van der Waals surface area contributed by atoms with Gasteiger partial charge in [-0.15, -0.1) is 0 Å². The number of pyridine rings is 3. The van der Waals surface area contributed by atoms with Crippen molar-refractivity contribution < 1.29 is 28.8 Å². The summed E-state index contributed by atoms with van der Waals surface area (Å²) in [5, 5.41) is 44.3. The lowest BCUT2D eigenvalue weighted by Crippen LogP contribution is -2.27. The largest absolute Gasteiger partial charge is 0.363 e. The Morgan fingerprint density at radius 1 is 0.374 bits per heavy atom. The molecule has 9 N–H and O–H groups in total. The van der Waals surface area contributed by atoms with E-state index in [0.29, 0.717) is 49.2 Å². The number of carbonyl (C=O) groups is 6. The molecule has 0 fully saturated rings. The normalized spacial score (nSPS) is 10.7. The number of hydrogen-bond donors (Lipinski definition) is 9. The lowest BCUT2D eigenvalue weighted by Gasteiger charge is -2.22. The molecule has 3 aromatic heterocycles. The number of benzene rings is 6. The van der Waals surface area contributed by atoms with Crippen LogP contribution in [0.15, 0.2) is 187 Å². The number of hydrogen-bond acceptors (Lipinski definition) is 12. The Labute approximate surface area is 545 Å². The number of rotatable bonds is 19. The predicted molar refractivity (Wildman–Crippen MR) is 359 cm³/mol. The molecular formula is C66H55BrCl3N15O6. The Balaban J connectivity index is 0.874. The Bertz CT molecular complexity index is 4290. The van der Waals surface area contributed by atoms with Gasteiger partial charge in [-0.3, -0.25) is 45.0 Å². The van der Waals surface area contributed by atoms with Crippen LogP contribution in [0.2, 0.25) is 15.1 Å². The standard InChI is InChI=1S/C66H55BrCl3N15O6/c1-83(2)58(71)39-7-13-43(14-8-39)62(87)78-53-29-37(5-23-49(53)64(89)80-55-26-19-45(67)32-74-55)35-85(4)60(73)41-11-17-44(18-12-41)63(88)79-54-30-38(6-24-50(54)65(90)81-56-27-21-47(69)33-75-56)36-84(3)59(72)40-9-15-42(16-10-40)61(86)77-52-25-20-46(68)31-51(52)66(91)82-57-28-22-48(70)34-76-57/h5-34,71-73H,35-36H2,1-4H3,(H,77,86)(H,78,87)(H,79,88)(H,74,80,89)(H,75,81,90)(H,76,82,91). The van der Waals surface area contributed by atoms with Gasteiger partial charge in [-0.25, -0.2) is 15.0 Å². The van der Waals surface area contributed by atoms with E-state index in [1.165, 1.54) is 42.7 Å². The van der Waals surface area contributed by atoms with Crippen LogP contribution in [0.4, 0.5) is 34.5 Å². The van der Waals surface area contributed by atoms with Gasteiger partial charge in [-0.1, -0.05) is 83.3 Å². The summed E-state index contributed by atoms with van der Waals surface area (Å²) in [5.74, 6) is -2.09. The number of aromatic nitrogens is 3. The summed E-state index contributed by atoms with van der Waals surface area (Å²) < 4.78 is 0.721. The molecule has 6 aromatic carbocycles. The average molecular weight is 1340 g/mol. The number of amides is 6. The SMILES string of the molecule is CN(C)C(=N)c1ccc(C(=O)Nc2cc(CN(C)C(=N)c3ccc(C(=O)Nc4cc(CN(C)C(=N)c5ccc(C(=O)Nc6ccc(Cl)cc6C(=O)Nc6ccc(Cl)cn6)cc5)ccc4C(=O)Nc4ccc(Cl)cn4)cc3)ccc2C(=O)Nc2ccc(Br)cn2)cc1.